The van der Waals surface area contributed by atoms with Gasteiger partial charge in [0.15, 0.2) is 23.3 Å². The monoisotopic (exact) mass is 434 g/mol. The molecule has 0 saturated carbocycles. The molecule has 1 heterocycles. The molecule has 0 spiro atoms. The van der Waals surface area contributed by atoms with E-state index in [9.17, 15) is 17.6 Å². The van der Waals surface area contributed by atoms with Crippen molar-refractivity contribution in [1.29, 1.82) is 0 Å². The van der Waals surface area contributed by atoms with E-state index in [-0.39, 0.29) is 22.3 Å². The number of fused-ring (bicyclic) bond motifs is 6. The topological polar surface area (TPSA) is 0 Å². The van der Waals surface area contributed by atoms with E-state index in [4.69, 9.17) is 0 Å². The van der Waals surface area contributed by atoms with Crippen LogP contribution in [0.1, 0.15) is 35.1 Å². The van der Waals surface area contributed by atoms with E-state index >= 15 is 0 Å². The van der Waals surface area contributed by atoms with Crippen molar-refractivity contribution in [1.82, 2.24) is 0 Å². The third-order valence-corrected chi connectivity index (χ3v) is 8.39. The lowest BCUT2D eigenvalue weighted by Crippen LogP contribution is -2.00. The fraction of sp³-hybridized carbons (Fsp3) is 0.154. The maximum atomic E-state index is 14.7. The molecule has 3 aliphatic carbocycles. The SMILES string of the molecule is Fc1c(F)c(F)c2c(c1F)-c1ccc3c4c(ccc-2c14)C1SC(C2=CC=CCC2)=CC31. The molecule has 4 aliphatic rings. The minimum atomic E-state index is -1.76. The summed E-state index contributed by atoms with van der Waals surface area (Å²) >= 11 is 1.84. The summed E-state index contributed by atoms with van der Waals surface area (Å²) in [6, 6.07) is 7.36. The summed E-state index contributed by atoms with van der Waals surface area (Å²) < 4.78 is 57.5. The van der Waals surface area contributed by atoms with E-state index in [1.165, 1.54) is 10.5 Å². The van der Waals surface area contributed by atoms with Gasteiger partial charge < -0.3 is 0 Å². The molecule has 1 aliphatic heterocycles. The van der Waals surface area contributed by atoms with Crippen LogP contribution in [0.5, 0.6) is 0 Å². The summed E-state index contributed by atoms with van der Waals surface area (Å²) in [6.45, 7) is 0. The summed E-state index contributed by atoms with van der Waals surface area (Å²) in [6.07, 6.45) is 10.8. The molecule has 0 bridgehead atoms. The molecule has 0 saturated heterocycles. The maximum Gasteiger partial charge on any atom is 0.198 e. The van der Waals surface area contributed by atoms with Crippen molar-refractivity contribution in [3.05, 3.63) is 93.4 Å². The number of halogens is 4. The van der Waals surface area contributed by atoms with Gasteiger partial charge in [-0.2, -0.15) is 0 Å². The second-order valence-electron chi connectivity index (χ2n) is 8.41. The number of rotatable bonds is 1. The van der Waals surface area contributed by atoms with E-state index in [2.05, 4.69) is 24.3 Å². The highest BCUT2D eigenvalue weighted by atomic mass is 32.2. The Labute approximate surface area is 180 Å². The van der Waals surface area contributed by atoms with Crippen molar-refractivity contribution in [2.45, 2.75) is 24.0 Å². The van der Waals surface area contributed by atoms with Gasteiger partial charge in [-0.15, -0.1) is 11.8 Å². The van der Waals surface area contributed by atoms with Crippen molar-refractivity contribution in [3.8, 4) is 22.3 Å². The molecule has 7 rings (SSSR count). The summed E-state index contributed by atoms with van der Waals surface area (Å²) in [7, 11) is 0. The van der Waals surface area contributed by atoms with Crippen LogP contribution in [0, 0.1) is 23.3 Å². The van der Waals surface area contributed by atoms with Crippen molar-refractivity contribution in [3.63, 3.8) is 0 Å². The number of allylic oxidation sites excluding steroid dienone is 5. The molecule has 0 N–H and O–H groups in total. The first kappa shape index (κ1) is 17.8. The van der Waals surface area contributed by atoms with Crippen molar-refractivity contribution in [2.75, 3.05) is 0 Å². The Kier molecular flexibility index (Phi) is 3.41. The molecule has 2 atom stereocenters. The molecule has 3 aromatic rings. The van der Waals surface area contributed by atoms with Gasteiger partial charge in [0.25, 0.3) is 0 Å². The Balaban J connectivity index is 1.48. The first-order valence-corrected chi connectivity index (χ1v) is 11.1. The van der Waals surface area contributed by atoms with Crippen LogP contribution in [0.3, 0.4) is 0 Å². The van der Waals surface area contributed by atoms with Gasteiger partial charge >= 0.3 is 0 Å². The zero-order chi connectivity index (χ0) is 21.0. The van der Waals surface area contributed by atoms with E-state index < -0.39 is 23.3 Å². The lowest BCUT2D eigenvalue weighted by atomic mass is 9.95. The smallest absolute Gasteiger partial charge is 0.198 e. The van der Waals surface area contributed by atoms with Crippen molar-refractivity contribution >= 4 is 22.5 Å². The molecule has 152 valence electrons. The Morgan fingerprint density at radius 1 is 0.774 bits per heavy atom. The minimum Gasteiger partial charge on any atom is -0.203 e. The normalized spacial score (nSPS) is 22.1. The van der Waals surface area contributed by atoms with Gasteiger partial charge in [-0.3, -0.25) is 0 Å². The van der Waals surface area contributed by atoms with Crippen LogP contribution in [-0.4, -0.2) is 0 Å². The van der Waals surface area contributed by atoms with Crippen LogP contribution >= 0.6 is 11.8 Å². The average molecular weight is 434 g/mol. The van der Waals surface area contributed by atoms with Crippen LogP contribution in [0.25, 0.3) is 33.0 Å². The number of hydrogen-bond acceptors (Lipinski definition) is 1. The van der Waals surface area contributed by atoms with Crippen LogP contribution < -0.4 is 0 Å². The van der Waals surface area contributed by atoms with Gasteiger partial charge in [-0.25, -0.2) is 17.6 Å². The molecule has 3 aromatic carbocycles. The number of hydrogen-bond donors (Lipinski definition) is 0. The van der Waals surface area contributed by atoms with E-state index in [0.29, 0.717) is 16.5 Å². The molecule has 0 radical (unpaired) electrons. The molecular formula is C26H14F4S. The summed E-state index contributed by atoms with van der Waals surface area (Å²) in [5, 5.41) is 1.88. The highest BCUT2D eigenvalue weighted by Gasteiger charge is 2.42. The third kappa shape index (κ3) is 2.08. The Bertz CT molecular complexity index is 1420. The lowest BCUT2D eigenvalue weighted by Gasteiger charge is -2.13. The third-order valence-electron chi connectivity index (χ3n) is 6.94. The lowest BCUT2D eigenvalue weighted by molar-refractivity contribution is 0.413. The molecule has 0 fully saturated rings. The number of benzene rings is 3. The predicted octanol–water partition coefficient (Wildman–Crippen LogP) is 8.09. The average Bonchev–Trinajstić information content (AvgIpc) is 3.45. The Morgan fingerprint density at radius 2 is 1.45 bits per heavy atom. The molecule has 0 aromatic heterocycles. The molecule has 5 heteroatoms. The van der Waals surface area contributed by atoms with Crippen LogP contribution in [0.2, 0.25) is 0 Å². The summed E-state index contributed by atoms with van der Waals surface area (Å²) in [5.41, 5.74) is 4.12. The zero-order valence-electron chi connectivity index (χ0n) is 16.1. The zero-order valence-corrected chi connectivity index (χ0v) is 16.9. The fourth-order valence-electron chi connectivity index (χ4n) is 5.62. The largest absolute Gasteiger partial charge is 0.203 e. The standard InChI is InChI=1S/C26H14F4S/c27-22-20-13-7-6-12-16-10-17(11-4-2-1-3-5-11)31-26(16)15-9-8-14(19(13)18(12)15)21(20)23(28)25(30)24(22)29/h1-2,4,6-10,16,26H,3,5H2. The van der Waals surface area contributed by atoms with Gasteiger partial charge in [0.2, 0.25) is 0 Å². The second-order valence-corrected chi connectivity index (χ2v) is 9.60. The maximum absolute atomic E-state index is 14.7. The van der Waals surface area contributed by atoms with E-state index in [1.807, 2.05) is 23.9 Å². The first-order chi connectivity index (χ1) is 15.1. The quantitative estimate of drug-likeness (QED) is 0.166. The molecule has 31 heavy (non-hydrogen) atoms. The second kappa shape index (κ2) is 5.92. The minimum absolute atomic E-state index is 0.171. The Morgan fingerprint density at radius 3 is 2.10 bits per heavy atom. The van der Waals surface area contributed by atoms with E-state index in [1.54, 1.807) is 12.1 Å². The highest BCUT2D eigenvalue weighted by molar-refractivity contribution is 8.03. The Hall–Kier alpha value is -2.79. The predicted molar refractivity (Wildman–Crippen MR) is 116 cm³/mol. The summed E-state index contributed by atoms with van der Waals surface area (Å²) in [5.74, 6) is -5.99. The van der Waals surface area contributed by atoms with Gasteiger partial charge in [0, 0.05) is 27.2 Å². The van der Waals surface area contributed by atoms with E-state index in [0.717, 1.165) is 29.4 Å². The van der Waals surface area contributed by atoms with Crippen LogP contribution in [0.15, 0.2) is 59.0 Å². The highest BCUT2D eigenvalue weighted by Crippen LogP contribution is 2.64. The molecule has 0 nitrogen and oxygen atoms in total. The van der Waals surface area contributed by atoms with Crippen molar-refractivity contribution < 1.29 is 17.6 Å². The van der Waals surface area contributed by atoms with Crippen molar-refractivity contribution in [2.24, 2.45) is 0 Å². The van der Waals surface area contributed by atoms with Crippen LogP contribution in [0.4, 0.5) is 17.6 Å². The first-order valence-electron chi connectivity index (χ1n) is 10.3. The van der Waals surface area contributed by atoms with Gasteiger partial charge in [-0.1, -0.05) is 48.6 Å². The molecule has 2 unspecified atom stereocenters. The van der Waals surface area contributed by atoms with Gasteiger partial charge in [0.05, 0.1) is 0 Å². The molecular weight excluding hydrogens is 420 g/mol. The number of thioether (sulfide) groups is 1. The summed E-state index contributed by atoms with van der Waals surface area (Å²) in [4.78, 5) is 1.30. The van der Waals surface area contributed by atoms with Gasteiger partial charge in [0.1, 0.15) is 0 Å². The fourth-order valence-corrected chi connectivity index (χ4v) is 7.13. The molecule has 0 amide bonds. The van der Waals surface area contributed by atoms with Crippen LogP contribution in [-0.2, 0) is 0 Å². The van der Waals surface area contributed by atoms with Gasteiger partial charge in [-0.05, 0) is 51.4 Å².